The Morgan fingerprint density at radius 1 is 1.27 bits per heavy atom. The van der Waals surface area contributed by atoms with Gasteiger partial charge in [-0.25, -0.2) is 10.3 Å². The minimum Gasteiger partial charge on any atom is -0.286 e. The second kappa shape index (κ2) is 6.71. The van der Waals surface area contributed by atoms with Crippen LogP contribution in [-0.2, 0) is 14.4 Å². The highest BCUT2D eigenvalue weighted by atomic mass is 31.0. The topological polar surface area (TPSA) is 70.7 Å². The van der Waals surface area contributed by atoms with Crippen molar-refractivity contribution in [1.29, 1.82) is 0 Å². The fourth-order valence-electron chi connectivity index (χ4n) is 0.923. The summed E-state index contributed by atoms with van der Waals surface area (Å²) in [7, 11) is 5.33. The number of hydrogen-bond acceptors (Lipinski definition) is 4. The number of nitrogens with zero attached hydrogens (tertiary/aromatic N) is 1. The Morgan fingerprint density at radius 2 is 1.73 bits per heavy atom. The van der Waals surface area contributed by atoms with Crippen LogP contribution < -0.4 is 10.9 Å². The predicted molar refractivity (Wildman–Crippen MR) is 59.1 cm³/mol. The van der Waals surface area contributed by atoms with E-state index in [4.69, 9.17) is 0 Å². The van der Waals surface area contributed by atoms with E-state index >= 15 is 0 Å². The van der Waals surface area contributed by atoms with Crippen LogP contribution in [0, 0.1) is 11.8 Å². The maximum atomic E-state index is 11.5. The van der Waals surface area contributed by atoms with Crippen LogP contribution in [-0.4, -0.2) is 30.8 Å². The van der Waals surface area contributed by atoms with Crippen molar-refractivity contribution < 1.29 is 14.4 Å². The number of amides is 2. The summed E-state index contributed by atoms with van der Waals surface area (Å²) in [5.74, 6) is -1.41. The largest absolute Gasteiger partial charge is 0.286 e. The molecule has 1 unspecified atom stereocenters. The smallest absolute Gasteiger partial charge is 0.247 e. The molecule has 0 rings (SSSR count). The summed E-state index contributed by atoms with van der Waals surface area (Å²) in [5, 5.41) is 0. The van der Waals surface area contributed by atoms with E-state index in [1.54, 1.807) is 20.9 Å². The Kier molecular flexibility index (Phi) is 6.40. The lowest BCUT2D eigenvalue weighted by Gasteiger charge is -2.20. The van der Waals surface area contributed by atoms with E-state index in [0.29, 0.717) is 0 Å². The molecule has 0 aromatic heterocycles. The zero-order valence-corrected chi connectivity index (χ0v) is 10.6. The monoisotopic (exact) mass is 235 g/mol. The number of rotatable bonds is 5. The molecule has 88 valence electrons. The van der Waals surface area contributed by atoms with Crippen LogP contribution in [0.15, 0.2) is 0 Å². The lowest BCUT2D eigenvalue weighted by atomic mass is 9.95. The van der Waals surface area contributed by atoms with Gasteiger partial charge in [0.1, 0.15) is 0 Å². The summed E-state index contributed by atoms with van der Waals surface area (Å²) in [5.41, 5.74) is 4.75. The maximum Gasteiger partial charge on any atom is 0.247 e. The van der Waals surface area contributed by atoms with Gasteiger partial charge in [-0.3, -0.25) is 19.9 Å². The summed E-state index contributed by atoms with van der Waals surface area (Å²) >= 11 is 0. The van der Waals surface area contributed by atoms with Crippen molar-refractivity contribution in [3.63, 3.8) is 0 Å². The van der Waals surface area contributed by atoms with Crippen LogP contribution in [0.25, 0.3) is 0 Å². The number of hydroxylamine groups is 1. The van der Waals surface area contributed by atoms with Crippen molar-refractivity contribution in [3.8, 4) is 0 Å². The Balaban J connectivity index is 4.24. The third-order valence-electron chi connectivity index (χ3n) is 2.07. The van der Waals surface area contributed by atoms with Gasteiger partial charge in [0.15, 0.2) is 0 Å². The van der Waals surface area contributed by atoms with Gasteiger partial charge in [0.25, 0.3) is 0 Å². The molecule has 0 saturated carbocycles. The van der Waals surface area contributed by atoms with Crippen molar-refractivity contribution >= 4 is 21.2 Å². The van der Waals surface area contributed by atoms with Crippen LogP contribution >= 0.6 is 9.39 Å². The minimum atomic E-state index is -0.449. The molecule has 0 aliphatic rings. The average Bonchev–Trinajstić information content (AvgIpc) is 2.14. The van der Waals surface area contributed by atoms with Crippen LogP contribution in [0.1, 0.15) is 13.8 Å². The average molecular weight is 235 g/mol. The molecule has 2 N–H and O–H groups in total. The van der Waals surface area contributed by atoms with Gasteiger partial charge < -0.3 is 0 Å². The highest BCUT2D eigenvalue weighted by Gasteiger charge is 2.26. The molecule has 0 aromatic carbocycles. The molecule has 0 aromatic rings. The standard InChI is InChI=1S/C8H18N3O3P/c1-5(7(12)9-11(3)15)6(2)8(13)10-14-4/h5-6H,15H2,1-4H3,(H,9,12)(H,10,13)/t5-,6+/m1/s1. The molecule has 0 saturated heterocycles. The van der Waals surface area contributed by atoms with E-state index in [0.717, 1.165) is 0 Å². The van der Waals surface area contributed by atoms with Crippen LogP contribution in [0.3, 0.4) is 0 Å². The Bertz CT molecular complexity index is 235. The Morgan fingerprint density at radius 3 is 2.13 bits per heavy atom. The quantitative estimate of drug-likeness (QED) is 0.506. The summed E-state index contributed by atoms with van der Waals surface area (Å²) < 4.78 is 1.46. The number of carbonyl (C=O) groups is 2. The second-order valence-electron chi connectivity index (χ2n) is 3.33. The summed E-state index contributed by atoms with van der Waals surface area (Å²) in [6.45, 7) is 3.35. The van der Waals surface area contributed by atoms with Gasteiger partial charge >= 0.3 is 0 Å². The van der Waals surface area contributed by atoms with Crippen LogP contribution in [0.2, 0.25) is 0 Å². The van der Waals surface area contributed by atoms with Crippen molar-refractivity contribution in [1.82, 2.24) is 15.7 Å². The molecule has 0 heterocycles. The highest BCUT2D eigenvalue weighted by Crippen LogP contribution is 2.11. The van der Waals surface area contributed by atoms with E-state index in [9.17, 15) is 9.59 Å². The molecule has 15 heavy (non-hydrogen) atoms. The predicted octanol–water partition coefficient (Wildman–Crippen LogP) is -0.311. The van der Waals surface area contributed by atoms with E-state index in [1.807, 2.05) is 0 Å². The Labute approximate surface area is 91.9 Å². The molecule has 2 amide bonds. The van der Waals surface area contributed by atoms with E-state index in [1.165, 1.54) is 11.9 Å². The molecule has 7 heteroatoms. The number of hydrogen-bond donors (Lipinski definition) is 2. The third-order valence-corrected chi connectivity index (χ3v) is 2.20. The summed E-state index contributed by atoms with van der Waals surface area (Å²) in [4.78, 5) is 27.3. The summed E-state index contributed by atoms with van der Waals surface area (Å²) in [6, 6.07) is 0. The first kappa shape index (κ1) is 14.3. The van der Waals surface area contributed by atoms with E-state index < -0.39 is 11.8 Å². The van der Waals surface area contributed by atoms with E-state index in [2.05, 4.69) is 25.1 Å². The lowest BCUT2D eigenvalue weighted by Crippen LogP contribution is -2.42. The molecule has 0 radical (unpaired) electrons. The molecule has 0 aliphatic heterocycles. The van der Waals surface area contributed by atoms with Crippen molar-refractivity contribution in [2.24, 2.45) is 11.8 Å². The normalized spacial score (nSPS) is 14.5. The van der Waals surface area contributed by atoms with Gasteiger partial charge in [0, 0.05) is 18.9 Å². The SMILES string of the molecule is CONC(=O)[C@@H](C)[C@@H](C)C(=O)NN(C)P. The second-order valence-corrected chi connectivity index (χ2v) is 4.11. The molecule has 3 atom stereocenters. The van der Waals surface area contributed by atoms with Crippen molar-refractivity contribution in [3.05, 3.63) is 0 Å². The summed E-state index contributed by atoms with van der Waals surface area (Å²) in [6.07, 6.45) is 0. The number of nitrogens with one attached hydrogen (secondary N) is 2. The van der Waals surface area contributed by atoms with Gasteiger partial charge in [-0.15, -0.1) is 0 Å². The minimum absolute atomic E-state index is 0.216. The van der Waals surface area contributed by atoms with Gasteiger partial charge in [-0.05, 0) is 9.39 Å². The van der Waals surface area contributed by atoms with Gasteiger partial charge in [0.05, 0.1) is 7.11 Å². The molecule has 0 spiro atoms. The van der Waals surface area contributed by atoms with Gasteiger partial charge in [-0.2, -0.15) is 0 Å². The molecular weight excluding hydrogens is 217 g/mol. The number of carbonyl (C=O) groups excluding carboxylic acids is 2. The molecular formula is C8H18N3O3P. The first-order chi connectivity index (χ1) is 6.90. The Hall–Kier alpha value is -0.710. The van der Waals surface area contributed by atoms with Crippen molar-refractivity contribution in [2.45, 2.75) is 13.8 Å². The first-order valence-electron chi connectivity index (χ1n) is 4.52. The highest BCUT2D eigenvalue weighted by molar-refractivity contribution is 7.13. The maximum absolute atomic E-state index is 11.5. The van der Waals surface area contributed by atoms with Crippen molar-refractivity contribution in [2.75, 3.05) is 14.2 Å². The zero-order valence-electron chi connectivity index (χ0n) is 9.40. The fraction of sp³-hybridized carbons (Fsp3) is 0.750. The number of hydrazine groups is 1. The molecule has 6 nitrogen and oxygen atoms in total. The lowest BCUT2D eigenvalue weighted by molar-refractivity contribution is -0.141. The zero-order chi connectivity index (χ0) is 12.0. The fourth-order valence-corrected chi connectivity index (χ4v) is 1.05. The third kappa shape index (κ3) is 5.06. The first-order valence-corrected chi connectivity index (χ1v) is 5.03. The van der Waals surface area contributed by atoms with Crippen LogP contribution in [0.5, 0.6) is 0 Å². The molecule has 0 fully saturated rings. The molecule has 0 aliphatic carbocycles. The van der Waals surface area contributed by atoms with E-state index in [-0.39, 0.29) is 11.8 Å². The van der Waals surface area contributed by atoms with Gasteiger partial charge in [0.2, 0.25) is 11.8 Å². The molecule has 0 bridgehead atoms. The van der Waals surface area contributed by atoms with Crippen LogP contribution in [0.4, 0.5) is 0 Å². The van der Waals surface area contributed by atoms with Gasteiger partial charge in [-0.1, -0.05) is 13.8 Å².